The van der Waals surface area contributed by atoms with Crippen molar-refractivity contribution in [1.82, 2.24) is 19.9 Å². The molecule has 0 bridgehead atoms. The second-order valence-electron chi connectivity index (χ2n) is 9.22. The predicted octanol–water partition coefficient (Wildman–Crippen LogP) is 4.71. The zero-order valence-corrected chi connectivity index (χ0v) is 22.1. The number of phenolic OH excluding ortho intramolecular Hbond substituents is 1. The fourth-order valence-corrected chi connectivity index (χ4v) is 3.81. The van der Waals surface area contributed by atoms with E-state index < -0.39 is 0 Å². The van der Waals surface area contributed by atoms with Crippen LogP contribution in [0.25, 0.3) is 21.8 Å². The van der Waals surface area contributed by atoms with Crippen molar-refractivity contribution in [2.24, 2.45) is 0 Å². The molecule has 0 unspecified atom stereocenters. The van der Waals surface area contributed by atoms with Crippen LogP contribution in [0.2, 0.25) is 0 Å². The van der Waals surface area contributed by atoms with E-state index in [1.165, 1.54) is 24.8 Å². The highest BCUT2D eigenvalue weighted by molar-refractivity contribution is 5.86. The van der Waals surface area contributed by atoms with E-state index >= 15 is 0 Å². The number of phenols is 1. The van der Waals surface area contributed by atoms with Crippen molar-refractivity contribution in [2.45, 2.75) is 46.5 Å². The zero-order chi connectivity index (χ0) is 27.9. The van der Waals surface area contributed by atoms with Crippen LogP contribution in [0.3, 0.4) is 0 Å². The first kappa shape index (κ1) is 27.2. The number of aromatic hydroxyl groups is 1. The van der Waals surface area contributed by atoms with E-state index in [1.807, 2.05) is 58.0 Å². The molecule has 5 aromatic rings. The van der Waals surface area contributed by atoms with Gasteiger partial charge >= 0.3 is 0 Å². The topological polar surface area (TPSA) is 139 Å². The smallest absolute Gasteiger partial charge is 0.262 e. The highest BCUT2D eigenvalue weighted by atomic mass is 16.5. The van der Waals surface area contributed by atoms with Gasteiger partial charge in [-0.3, -0.25) is 9.59 Å². The summed E-state index contributed by atoms with van der Waals surface area (Å²) >= 11 is 0. The number of rotatable bonds is 7. The van der Waals surface area contributed by atoms with Crippen LogP contribution in [-0.2, 0) is 6.61 Å². The highest BCUT2D eigenvalue weighted by Gasteiger charge is 2.13. The molecule has 39 heavy (non-hydrogen) atoms. The number of aromatic nitrogens is 4. The Bertz CT molecular complexity index is 1680. The van der Waals surface area contributed by atoms with Crippen molar-refractivity contribution in [3.05, 3.63) is 93.5 Å². The van der Waals surface area contributed by atoms with Gasteiger partial charge in [0.1, 0.15) is 40.4 Å². The van der Waals surface area contributed by atoms with Gasteiger partial charge in [-0.1, -0.05) is 30.3 Å². The second kappa shape index (κ2) is 12.1. The summed E-state index contributed by atoms with van der Waals surface area (Å²) in [4.78, 5) is 36.9. The van der Waals surface area contributed by atoms with Crippen LogP contribution in [0.5, 0.6) is 23.0 Å². The number of nitrogens with one attached hydrogen (secondary N) is 2. The number of H-pyrrole nitrogens is 2. The number of fused-ring (bicyclic) bond motifs is 2. The molecule has 10 heteroatoms. The van der Waals surface area contributed by atoms with Crippen molar-refractivity contribution in [3.8, 4) is 23.0 Å². The van der Waals surface area contributed by atoms with E-state index in [9.17, 15) is 14.7 Å². The number of ether oxygens (including phenoxy) is 3. The molecule has 0 aliphatic carbocycles. The number of aromatic amines is 2. The van der Waals surface area contributed by atoms with Gasteiger partial charge in [-0.05, 0) is 33.3 Å². The molecule has 0 radical (unpaired) electrons. The molecule has 5 rings (SSSR count). The number of benzene rings is 3. The van der Waals surface area contributed by atoms with E-state index in [0.717, 1.165) is 5.56 Å². The molecule has 10 nitrogen and oxygen atoms in total. The lowest BCUT2D eigenvalue weighted by Gasteiger charge is -2.14. The summed E-state index contributed by atoms with van der Waals surface area (Å²) in [5.74, 6) is 1.48. The normalized spacial score (nSPS) is 10.9. The van der Waals surface area contributed by atoms with E-state index in [0.29, 0.717) is 45.7 Å². The van der Waals surface area contributed by atoms with E-state index in [4.69, 9.17) is 14.2 Å². The summed E-state index contributed by atoms with van der Waals surface area (Å²) in [6, 6.07) is 16.2. The third-order valence-electron chi connectivity index (χ3n) is 5.35. The van der Waals surface area contributed by atoms with Crippen LogP contribution in [0.15, 0.2) is 76.8 Å². The first-order valence-corrected chi connectivity index (χ1v) is 12.4. The number of hydrogen-bond donors (Lipinski definition) is 3. The third kappa shape index (κ3) is 6.92. The molecule has 0 amide bonds. The minimum Gasteiger partial charge on any atom is -0.508 e. The van der Waals surface area contributed by atoms with Crippen molar-refractivity contribution in [2.75, 3.05) is 0 Å². The summed E-state index contributed by atoms with van der Waals surface area (Å²) in [5.41, 5.74) is 1.54. The molecule has 0 fully saturated rings. The zero-order valence-electron chi connectivity index (χ0n) is 22.1. The van der Waals surface area contributed by atoms with Gasteiger partial charge in [-0.25, -0.2) is 9.97 Å². The summed E-state index contributed by atoms with van der Waals surface area (Å²) in [5, 5.41) is 10.3. The minimum absolute atomic E-state index is 0.0289. The summed E-state index contributed by atoms with van der Waals surface area (Å²) in [6.45, 7) is 7.96. The fraction of sp³-hybridized carbons (Fsp3) is 0.241. The molecule has 0 aliphatic heterocycles. The Morgan fingerprint density at radius 1 is 0.769 bits per heavy atom. The SMILES string of the molecule is CC(C)Oc1cc(O)cc2nc[nH]c(=O)c12.CC(C)Oc1cc(OCc2ccccc2)cc2nc[nH]c(=O)c12. The van der Waals surface area contributed by atoms with Crippen LogP contribution in [0.4, 0.5) is 0 Å². The fourth-order valence-electron chi connectivity index (χ4n) is 3.81. The maximum atomic E-state index is 12.1. The second-order valence-corrected chi connectivity index (χ2v) is 9.22. The molecule has 0 spiro atoms. The minimum atomic E-state index is -0.277. The van der Waals surface area contributed by atoms with E-state index in [-0.39, 0.29) is 29.1 Å². The van der Waals surface area contributed by atoms with Crippen LogP contribution >= 0.6 is 0 Å². The number of nitrogens with zero attached hydrogens (tertiary/aromatic N) is 2. The Morgan fingerprint density at radius 3 is 1.87 bits per heavy atom. The average molecular weight is 531 g/mol. The van der Waals surface area contributed by atoms with E-state index in [1.54, 1.807) is 12.1 Å². The van der Waals surface area contributed by atoms with Gasteiger partial charge in [-0.2, -0.15) is 0 Å². The lowest BCUT2D eigenvalue weighted by molar-refractivity contribution is 0.242. The molecule has 2 heterocycles. The van der Waals surface area contributed by atoms with Gasteiger partial charge in [0, 0.05) is 24.3 Å². The van der Waals surface area contributed by atoms with Gasteiger partial charge < -0.3 is 29.3 Å². The first-order valence-electron chi connectivity index (χ1n) is 12.4. The Morgan fingerprint density at radius 2 is 1.31 bits per heavy atom. The van der Waals surface area contributed by atoms with Crippen molar-refractivity contribution >= 4 is 21.8 Å². The Balaban J connectivity index is 0.000000193. The molecule has 0 atom stereocenters. The maximum absolute atomic E-state index is 12.1. The summed E-state index contributed by atoms with van der Waals surface area (Å²) < 4.78 is 17.1. The van der Waals surface area contributed by atoms with Gasteiger partial charge in [0.05, 0.1) is 35.9 Å². The third-order valence-corrected chi connectivity index (χ3v) is 5.35. The molecule has 0 saturated carbocycles. The molecule has 0 saturated heterocycles. The molecular weight excluding hydrogens is 500 g/mol. The monoisotopic (exact) mass is 530 g/mol. The van der Waals surface area contributed by atoms with Crippen LogP contribution in [0, 0.1) is 0 Å². The van der Waals surface area contributed by atoms with Crippen molar-refractivity contribution in [3.63, 3.8) is 0 Å². The average Bonchev–Trinajstić information content (AvgIpc) is 2.87. The van der Waals surface area contributed by atoms with Gasteiger partial charge in [-0.15, -0.1) is 0 Å². The Kier molecular flexibility index (Phi) is 8.45. The van der Waals surface area contributed by atoms with Crippen molar-refractivity contribution in [1.29, 1.82) is 0 Å². The Hall–Kier alpha value is -4.86. The quantitative estimate of drug-likeness (QED) is 0.275. The highest BCUT2D eigenvalue weighted by Crippen LogP contribution is 2.29. The van der Waals surface area contributed by atoms with Crippen LogP contribution in [-0.4, -0.2) is 37.3 Å². The van der Waals surface area contributed by atoms with Gasteiger partial charge in [0.25, 0.3) is 11.1 Å². The number of hydrogen-bond acceptors (Lipinski definition) is 8. The molecule has 3 N–H and O–H groups in total. The van der Waals surface area contributed by atoms with Crippen molar-refractivity contribution < 1.29 is 19.3 Å². The summed E-state index contributed by atoms with van der Waals surface area (Å²) in [6.07, 6.45) is 2.54. The predicted molar refractivity (Wildman–Crippen MR) is 149 cm³/mol. The lowest BCUT2D eigenvalue weighted by Crippen LogP contribution is -2.12. The van der Waals surface area contributed by atoms with Crippen LogP contribution < -0.4 is 25.3 Å². The summed E-state index contributed by atoms with van der Waals surface area (Å²) in [7, 11) is 0. The molecule has 2 aromatic heterocycles. The molecule has 3 aromatic carbocycles. The molecule has 202 valence electrons. The first-order chi connectivity index (χ1) is 18.7. The van der Waals surface area contributed by atoms with Gasteiger partial charge in [0.2, 0.25) is 0 Å². The largest absolute Gasteiger partial charge is 0.508 e. The Labute approximate surface area is 224 Å². The van der Waals surface area contributed by atoms with Gasteiger partial charge in [0.15, 0.2) is 0 Å². The molecular formula is C29H30N4O6. The van der Waals surface area contributed by atoms with Crippen LogP contribution in [0.1, 0.15) is 33.3 Å². The standard InChI is InChI=1S/C18H18N2O3.C11H12N2O3/c1-12(2)23-16-9-14(22-10-13-6-4-3-5-7-13)8-15-17(16)18(21)20-11-19-15;1-6(2)16-9-4-7(14)3-8-10(9)11(15)13-5-12-8/h3-9,11-12H,10H2,1-2H3,(H,19,20,21);3-6,14H,1-2H3,(H,12,13,15). The molecule has 0 aliphatic rings. The maximum Gasteiger partial charge on any atom is 0.262 e. The lowest BCUT2D eigenvalue weighted by atomic mass is 10.2. The van der Waals surface area contributed by atoms with E-state index in [2.05, 4.69) is 19.9 Å².